The maximum atomic E-state index is 15.9. The summed E-state index contributed by atoms with van der Waals surface area (Å²) in [6.45, 7) is 0.608. The Hall–Kier alpha value is -3.99. The van der Waals surface area contributed by atoms with Crippen LogP contribution in [0.5, 0.6) is 11.5 Å². The van der Waals surface area contributed by atoms with E-state index in [-0.39, 0.29) is 65.7 Å². The van der Waals surface area contributed by atoms with Crippen molar-refractivity contribution in [2.24, 2.45) is 0 Å². The van der Waals surface area contributed by atoms with Gasteiger partial charge in [0.05, 0.1) is 12.5 Å². The molecule has 1 aliphatic heterocycles. The molecule has 1 saturated carbocycles. The number of nitrogens with zero attached hydrogens (tertiary/aromatic N) is 2. The zero-order valence-electron chi connectivity index (χ0n) is 23.0. The zero-order chi connectivity index (χ0) is 30.6. The summed E-state index contributed by atoms with van der Waals surface area (Å²) in [5, 5.41) is 2.43. The largest absolute Gasteiger partial charge is 0.490 e. The van der Waals surface area contributed by atoms with Crippen LogP contribution >= 0.6 is 11.6 Å². The normalized spacial score (nSPS) is 17.5. The third-order valence-electron chi connectivity index (χ3n) is 7.86. The number of carbonyl (C=O) groups excluding carboxylic acids is 1. The quantitative estimate of drug-likeness (QED) is 0.162. The van der Waals surface area contributed by atoms with E-state index in [1.807, 2.05) is 6.92 Å². The van der Waals surface area contributed by atoms with Crippen LogP contribution in [0, 0.1) is 18.6 Å². The number of nitrogens with one attached hydrogen (secondary N) is 1. The highest BCUT2D eigenvalue weighted by molar-refractivity contribution is 6.31. The van der Waals surface area contributed by atoms with Crippen molar-refractivity contribution < 1.29 is 36.2 Å². The van der Waals surface area contributed by atoms with Crippen LogP contribution in [0.1, 0.15) is 58.8 Å². The smallest absolute Gasteiger partial charge is 0.387 e. The molecule has 1 aliphatic carbocycles. The topological polar surface area (TPSA) is 73.3 Å². The number of aryl methyl sites for hydroxylation is 1. The number of hydrogen-bond donors (Lipinski definition) is 1. The fraction of sp³-hybridized carbons (Fsp3) is 0.323. The van der Waals surface area contributed by atoms with Crippen molar-refractivity contribution in [3.63, 3.8) is 0 Å². The number of alkyl halides is 3. The van der Waals surface area contributed by atoms with E-state index in [0.29, 0.717) is 16.7 Å². The van der Waals surface area contributed by atoms with Gasteiger partial charge in [0.15, 0.2) is 11.6 Å². The lowest BCUT2D eigenvalue weighted by molar-refractivity contribution is -0.0489. The van der Waals surface area contributed by atoms with Gasteiger partial charge in [-0.15, -0.1) is 0 Å². The molecule has 2 aromatic heterocycles. The van der Waals surface area contributed by atoms with Gasteiger partial charge in [0.2, 0.25) is 0 Å². The van der Waals surface area contributed by atoms with E-state index in [4.69, 9.17) is 16.3 Å². The number of hydrogen-bond acceptors (Lipinski definition) is 5. The van der Waals surface area contributed by atoms with E-state index < -0.39 is 40.8 Å². The summed E-state index contributed by atoms with van der Waals surface area (Å²) in [5.41, 5.74) is 0.127. The highest BCUT2D eigenvalue weighted by Gasteiger charge is 2.52. The van der Waals surface area contributed by atoms with Gasteiger partial charge in [-0.1, -0.05) is 18.5 Å². The Morgan fingerprint density at radius 2 is 1.98 bits per heavy atom. The van der Waals surface area contributed by atoms with Crippen molar-refractivity contribution in [3.05, 3.63) is 81.6 Å². The summed E-state index contributed by atoms with van der Waals surface area (Å²) in [6.07, 6.45) is 1.94. The van der Waals surface area contributed by atoms with E-state index >= 15 is 8.78 Å². The van der Waals surface area contributed by atoms with E-state index in [9.17, 15) is 18.0 Å². The predicted octanol–water partition coefficient (Wildman–Crippen LogP) is 7.65. The van der Waals surface area contributed by atoms with E-state index in [1.165, 1.54) is 18.3 Å². The average Bonchev–Trinajstić information content (AvgIpc) is 3.60. The van der Waals surface area contributed by atoms with Crippen molar-refractivity contribution in [1.82, 2.24) is 15.3 Å². The van der Waals surface area contributed by atoms with Crippen LogP contribution in [0.15, 0.2) is 42.6 Å². The molecule has 2 aromatic carbocycles. The second kappa shape index (κ2) is 10.9. The molecular weight excluding hydrogens is 593 g/mol. The minimum atomic E-state index is -3.14. The lowest BCUT2D eigenvalue weighted by Crippen LogP contribution is -2.33. The highest BCUT2D eigenvalue weighted by Crippen LogP contribution is 2.52. The van der Waals surface area contributed by atoms with Gasteiger partial charge in [-0.2, -0.15) is 8.78 Å². The third kappa shape index (κ3) is 5.46. The van der Waals surface area contributed by atoms with Gasteiger partial charge in [0.25, 0.3) is 5.91 Å². The van der Waals surface area contributed by atoms with Crippen molar-refractivity contribution in [3.8, 4) is 22.8 Å². The molecule has 2 atom stereocenters. The second-order valence-corrected chi connectivity index (χ2v) is 11.4. The Kier molecular flexibility index (Phi) is 7.40. The number of benzene rings is 2. The van der Waals surface area contributed by atoms with Gasteiger partial charge in [0.1, 0.15) is 33.5 Å². The minimum Gasteiger partial charge on any atom is -0.490 e. The summed E-state index contributed by atoms with van der Waals surface area (Å²) < 4.78 is 81.6. The number of halogens is 6. The van der Waals surface area contributed by atoms with Gasteiger partial charge < -0.3 is 14.8 Å². The van der Waals surface area contributed by atoms with E-state index in [1.54, 1.807) is 19.1 Å². The average molecular weight is 618 g/mol. The molecule has 1 fully saturated rings. The first kappa shape index (κ1) is 29.1. The van der Waals surface area contributed by atoms with Crippen molar-refractivity contribution in [2.75, 3.05) is 13.2 Å². The molecule has 0 saturated heterocycles. The van der Waals surface area contributed by atoms with Crippen molar-refractivity contribution in [2.45, 2.75) is 50.8 Å². The molecule has 2 aliphatic rings. The molecule has 0 bridgehead atoms. The first-order chi connectivity index (χ1) is 20.4. The summed E-state index contributed by atoms with van der Waals surface area (Å²) in [4.78, 5) is 22.0. The van der Waals surface area contributed by atoms with Crippen LogP contribution in [0.4, 0.5) is 22.0 Å². The number of amides is 1. The van der Waals surface area contributed by atoms with Crippen LogP contribution in [-0.4, -0.2) is 41.3 Å². The predicted molar refractivity (Wildman–Crippen MR) is 150 cm³/mol. The molecule has 3 heterocycles. The molecule has 224 valence electrons. The lowest BCUT2D eigenvalue weighted by atomic mass is 9.92. The summed E-state index contributed by atoms with van der Waals surface area (Å²) in [5.74, 6) is -3.63. The Balaban J connectivity index is 1.36. The van der Waals surface area contributed by atoms with Crippen molar-refractivity contribution >= 4 is 28.4 Å². The minimum absolute atomic E-state index is 0.0191. The van der Waals surface area contributed by atoms with Crippen LogP contribution in [-0.2, 0) is 0 Å². The third-order valence-corrected chi connectivity index (χ3v) is 8.21. The number of ether oxygens (including phenoxy) is 2. The molecule has 12 heteroatoms. The monoisotopic (exact) mass is 617 g/mol. The first-order valence-electron chi connectivity index (χ1n) is 13.6. The van der Waals surface area contributed by atoms with Crippen LogP contribution in [0.2, 0.25) is 5.02 Å². The number of pyridine rings is 2. The Labute approximate surface area is 248 Å². The molecular formula is C31H25ClF5N3O3. The molecule has 0 unspecified atom stereocenters. The Bertz CT molecular complexity index is 1770. The summed E-state index contributed by atoms with van der Waals surface area (Å²) in [7, 11) is 0. The van der Waals surface area contributed by atoms with Gasteiger partial charge in [-0.25, -0.2) is 18.2 Å². The number of fused-ring (bicyclic) bond motifs is 2. The molecule has 4 aromatic rings. The standard InChI is InChI=1S/C31H25ClF5N3O3/c1-14-7-16-8-17(9-23(43-30(35)36)26(16)38-11-14)29(41)39-12-20(31(37)5-6-31)22-10-19-15(2)13-42-28(19)27(40-22)18-3-4-21(33)24(32)25(18)34/h3-4,7-11,15,20,30H,5-6,12-13H2,1-2H3,(H,39,41)/t15-,20-/m1/s1. The molecule has 0 spiro atoms. The highest BCUT2D eigenvalue weighted by atomic mass is 35.5. The molecule has 6 nitrogen and oxygen atoms in total. The molecule has 6 rings (SSSR count). The van der Waals surface area contributed by atoms with Crippen molar-refractivity contribution in [1.29, 1.82) is 0 Å². The lowest BCUT2D eigenvalue weighted by Gasteiger charge is -2.23. The van der Waals surface area contributed by atoms with E-state index in [2.05, 4.69) is 20.0 Å². The fourth-order valence-corrected chi connectivity index (χ4v) is 5.58. The van der Waals surface area contributed by atoms with E-state index in [0.717, 1.165) is 17.7 Å². The Morgan fingerprint density at radius 1 is 1.21 bits per heavy atom. The fourth-order valence-electron chi connectivity index (χ4n) is 5.42. The first-order valence-corrected chi connectivity index (χ1v) is 14.0. The molecule has 1 N–H and O–H groups in total. The van der Waals surface area contributed by atoms with Gasteiger partial charge in [-0.05, 0) is 61.7 Å². The van der Waals surface area contributed by atoms with Crippen LogP contribution in [0.3, 0.4) is 0 Å². The summed E-state index contributed by atoms with van der Waals surface area (Å²) >= 11 is 5.84. The second-order valence-electron chi connectivity index (χ2n) is 11.0. The summed E-state index contributed by atoms with van der Waals surface area (Å²) in [6, 6.07) is 8.24. The number of rotatable bonds is 8. The SMILES string of the molecule is Cc1cnc2c(OC(F)F)cc(C(=O)NC[C@H](c3cc4c(c(-c5ccc(F)c(Cl)c5F)n3)OC[C@H]4C)C3(F)CC3)cc2c1. The molecule has 1 amide bonds. The van der Waals surface area contributed by atoms with Crippen LogP contribution < -0.4 is 14.8 Å². The molecule has 0 radical (unpaired) electrons. The maximum absolute atomic E-state index is 15.9. The molecule has 43 heavy (non-hydrogen) atoms. The maximum Gasteiger partial charge on any atom is 0.387 e. The Morgan fingerprint density at radius 3 is 2.70 bits per heavy atom. The van der Waals surface area contributed by atoms with Crippen LogP contribution in [0.25, 0.3) is 22.2 Å². The van der Waals surface area contributed by atoms with Gasteiger partial charge in [0, 0.05) is 46.4 Å². The number of carbonyl (C=O) groups is 1. The zero-order valence-corrected chi connectivity index (χ0v) is 23.7. The number of aromatic nitrogens is 2. The van der Waals surface area contributed by atoms with Gasteiger partial charge in [-0.3, -0.25) is 9.78 Å². The van der Waals surface area contributed by atoms with Gasteiger partial charge >= 0.3 is 6.61 Å².